The summed E-state index contributed by atoms with van der Waals surface area (Å²) in [6, 6.07) is 9.67. The molecule has 0 aliphatic carbocycles. The van der Waals surface area contributed by atoms with E-state index >= 15 is 0 Å². The molecular weight excluding hydrogens is 338 g/mol. The molecule has 2 heterocycles. The van der Waals surface area contributed by atoms with E-state index in [0.717, 1.165) is 15.6 Å². The maximum absolute atomic E-state index is 12.3. The first-order valence-electron chi connectivity index (χ1n) is 6.27. The fourth-order valence-corrected chi connectivity index (χ4v) is 3.90. The average Bonchev–Trinajstić information content (AvgIpc) is 2.93. The molecule has 1 aromatic carbocycles. The Labute approximate surface area is 129 Å². The number of hydrogen-bond donors (Lipinski definition) is 1. The second-order valence-corrected chi connectivity index (χ2v) is 6.41. The molecule has 2 atom stereocenters. The monoisotopic (exact) mass is 349 g/mol. The second kappa shape index (κ2) is 5.50. The molecule has 3 rings (SSSR count). The molecule has 1 fully saturated rings. The first-order valence-corrected chi connectivity index (χ1v) is 8.00. The van der Waals surface area contributed by atoms with E-state index in [1.807, 2.05) is 41.1 Å². The summed E-state index contributed by atoms with van der Waals surface area (Å²) in [4.78, 5) is 24.0. The summed E-state index contributed by atoms with van der Waals surface area (Å²) >= 11 is 5.09. The van der Waals surface area contributed by atoms with Crippen LogP contribution in [-0.4, -0.2) is 11.8 Å². The van der Waals surface area contributed by atoms with Crippen molar-refractivity contribution in [1.82, 2.24) is 5.32 Å². The van der Waals surface area contributed by atoms with Gasteiger partial charge in [0.15, 0.2) is 0 Å². The Morgan fingerprint density at radius 1 is 1.20 bits per heavy atom. The van der Waals surface area contributed by atoms with Crippen LogP contribution in [0.5, 0.6) is 0 Å². The van der Waals surface area contributed by atoms with Crippen LogP contribution >= 0.6 is 27.3 Å². The van der Waals surface area contributed by atoms with Crippen molar-refractivity contribution in [2.75, 3.05) is 0 Å². The fraction of sp³-hybridized carbons (Fsp3) is 0.200. The van der Waals surface area contributed by atoms with E-state index in [1.165, 1.54) is 0 Å². The average molecular weight is 350 g/mol. The minimum atomic E-state index is -0.335. The summed E-state index contributed by atoms with van der Waals surface area (Å²) < 4.78 is 0.898. The van der Waals surface area contributed by atoms with E-state index < -0.39 is 0 Å². The molecule has 102 valence electrons. The maximum Gasteiger partial charge on any atom is 0.234 e. The van der Waals surface area contributed by atoms with E-state index in [0.29, 0.717) is 6.42 Å². The van der Waals surface area contributed by atoms with Gasteiger partial charge >= 0.3 is 0 Å². The summed E-state index contributed by atoms with van der Waals surface area (Å²) in [7, 11) is 0. The normalized spacial score (nSPS) is 22.6. The largest absolute Gasteiger partial charge is 0.296 e. The van der Waals surface area contributed by atoms with Gasteiger partial charge in [-0.15, -0.1) is 0 Å². The van der Waals surface area contributed by atoms with Gasteiger partial charge in [-0.1, -0.05) is 34.1 Å². The molecule has 1 aromatic heterocycles. The Morgan fingerprint density at radius 2 is 2.00 bits per heavy atom. The maximum atomic E-state index is 12.3. The van der Waals surface area contributed by atoms with Crippen LogP contribution < -0.4 is 5.32 Å². The Hall–Kier alpha value is -1.46. The molecule has 0 spiro atoms. The Kier molecular flexibility index (Phi) is 3.72. The molecule has 1 aliphatic heterocycles. The zero-order valence-electron chi connectivity index (χ0n) is 10.5. The molecule has 20 heavy (non-hydrogen) atoms. The second-order valence-electron chi connectivity index (χ2n) is 4.78. The minimum Gasteiger partial charge on any atom is -0.296 e. The highest BCUT2D eigenvalue weighted by atomic mass is 79.9. The number of carbonyl (C=O) groups excluding carboxylic acids is 2. The van der Waals surface area contributed by atoms with Gasteiger partial charge in [0, 0.05) is 16.8 Å². The van der Waals surface area contributed by atoms with Gasteiger partial charge in [-0.25, -0.2) is 0 Å². The lowest BCUT2D eigenvalue weighted by Gasteiger charge is -2.30. The van der Waals surface area contributed by atoms with Crippen LogP contribution in [-0.2, 0) is 9.59 Å². The standard InChI is InChI=1S/C15H12BrNO2S/c16-12-4-2-1-3-10(12)14-11(9-5-6-20-8-9)7-13(18)17-15(14)19/h1-6,8,11,14H,7H2,(H,17,18,19). The van der Waals surface area contributed by atoms with Crippen LogP contribution in [0.1, 0.15) is 29.4 Å². The topological polar surface area (TPSA) is 46.2 Å². The molecule has 1 N–H and O–H groups in total. The Bertz CT molecular complexity index is 654. The minimum absolute atomic E-state index is 0.0961. The summed E-state index contributed by atoms with van der Waals surface area (Å²) in [6.07, 6.45) is 0.342. The SMILES string of the molecule is O=C1CC(c2ccsc2)C(c2ccccc2Br)C(=O)N1. The lowest BCUT2D eigenvalue weighted by Crippen LogP contribution is -2.43. The molecular formula is C15H12BrNO2S. The molecule has 1 aliphatic rings. The molecule has 2 amide bonds. The van der Waals surface area contributed by atoms with Crippen molar-refractivity contribution in [3.05, 3.63) is 56.7 Å². The number of amides is 2. The van der Waals surface area contributed by atoms with Gasteiger partial charge in [-0.05, 0) is 34.0 Å². The van der Waals surface area contributed by atoms with E-state index in [1.54, 1.807) is 11.3 Å². The van der Waals surface area contributed by atoms with E-state index in [-0.39, 0.29) is 23.7 Å². The van der Waals surface area contributed by atoms with Crippen molar-refractivity contribution >= 4 is 39.1 Å². The number of piperidine rings is 1. The van der Waals surface area contributed by atoms with Crippen LogP contribution in [0.15, 0.2) is 45.6 Å². The fourth-order valence-electron chi connectivity index (χ4n) is 2.65. The summed E-state index contributed by atoms with van der Waals surface area (Å²) in [5.41, 5.74) is 1.98. The van der Waals surface area contributed by atoms with E-state index in [2.05, 4.69) is 21.2 Å². The Balaban J connectivity index is 2.07. The van der Waals surface area contributed by atoms with Crippen LogP contribution in [0.3, 0.4) is 0 Å². The zero-order valence-corrected chi connectivity index (χ0v) is 12.9. The molecule has 2 unspecified atom stereocenters. The van der Waals surface area contributed by atoms with Crippen LogP contribution in [0, 0.1) is 0 Å². The number of hydrogen-bond acceptors (Lipinski definition) is 3. The number of nitrogens with one attached hydrogen (secondary N) is 1. The first kappa shape index (κ1) is 13.5. The third-order valence-electron chi connectivity index (χ3n) is 3.56. The van der Waals surface area contributed by atoms with Crippen LogP contribution in [0.4, 0.5) is 0 Å². The van der Waals surface area contributed by atoms with Crippen molar-refractivity contribution in [1.29, 1.82) is 0 Å². The number of halogens is 1. The van der Waals surface area contributed by atoms with Crippen molar-refractivity contribution < 1.29 is 9.59 Å². The van der Waals surface area contributed by atoms with Gasteiger partial charge in [0.25, 0.3) is 0 Å². The van der Waals surface area contributed by atoms with Crippen LogP contribution in [0.25, 0.3) is 0 Å². The van der Waals surface area contributed by atoms with Crippen molar-refractivity contribution in [3.63, 3.8) is 0 Å². The van der Waals surface area contributed by atoms with Crippen LogP contribution in [0.2, 0.25) is 0 Å². The van der Waals surface area contributed by atoms with Gasteiger partial charge < -0.3 is 0 Å². The lowest BCUT2D eigenvalue weighted by atomic mass is 9.77. The van der Waals surface area contributed by atoms with E-state index in [9.17, 15) is 9.59 Å². The quantitative estimate of drug-likeness (QED) is 0.844. The van der Waals surface area contributed by atoms with Gasteiger partial charge in [0.1, 0.15) is 0 Å². The highest BCUT2D eigenvalue weighted by Crippen LogP contribution is 2.41. The van der Waals surface area contributed by atoms with Crippen molar-refractivity contribution in [2.45, 2.75) is 18.3 Å². The van der Waals surface area contributed by atoms with Gasteiger partial charge in [-0.2, -0.15) is 11.3 Å². The number of rotatable bonds is 2. The number of benzene rings is 1. The Morgan fingerprint density at radius 3 is 2.70 bits per heavy atom. The van der Waals surface area contributed by atoms with Crippen molar-refractivity contribution in [2.24, 2.45) is 0 Å². The summed E-state index contributed by atoms with van der Waals surface area (Å²) in [5, 5.41) is 6.44. The van der Waals surface area contributed by atoms with Gasteiger partial charge in [0.2, 0.25) is 11.8 Å². The number of carbonyl (C=O) groups is 2. The molecule has 2 aromatic rings. The predicted molar refractivity (Wildman–Crippen MR) is 81.7 cm³/mol. The number of thiophene rings is 1. The molecule has 1 saturated heterocycles. The van der Waals surface area contributed by atoms with E-state index in [4.69, 9.17) is 0 Å². The lowest BCUT2D eigenvalue weighted by molar-refractivity contribution is -0.135. The molecule has 5 heteroatoms. The van der Waals surface area contributed by atoms with Crippen molar-refractivity contribution in [3.8, 4) is 0 Å². The van der Waals surface area contributed by atoms with Gasteiger partial charge in [0.05, 0.1) is 5.92 Å². The number of imide groups is 1. The highest BCUT2D eigenvalue weighted by Gasteiger charge is 2.38. The summed E-state index contributed by atoms with van der Waals surface area (Å²) in [6.45, 7) is 0. The summed E-state index contributed by atoms with van der Waals surface area (Å²) in [5.74, 6) is -0.849. The smallest absolute Gasteiger partial charge is 0.234 e. The molecule has 0 radical (unpaired) electrons. The highest BCUT2D eigenvalue weighted by molar-refractivity contribution is 9.10. The third-order valence-corrected chi connectivity index (χ3v) is 4.99. The molecule has 0 bridgehead atoms. The zero-order chi connectivity index (χ0) is 14.1. The third kappa shape index (κ3) is 2.43. The molecule has 3 nitrogen and oxygen atoms in total. The first-order chi connectivity index (χ1) is 9.66. The van der Waals surface area contributed by atoms with Gasteiger partial charge in [-0.3, -0.25) is 14.9 Å². The molecule has 0 saturated carbocycles. The predicted octanol–water partition coefficient (Wildman–Crippen LogP) is 3.42.